The van der Waals surface area contributed by atoms with Crippen LogP contribution in [0.1, 0.15) is 28.3 Å². The molecule has 0 radical (unpaired) electrons. The Balaban J connectivity index is 1.81. The van der Waals surface area contributed by atoms with E-state index in [0.717, 1.165) is 5.56 Å². The van der Waals surface area contributed by atoms with E-state index in [9.17, 15) is 14.4 Å². The number of aryl methyl sites for hydroxylation is 2. The molecular weight excluding hydrogens is 473 g/mol. The Labute approximate surface area is 206 Å². The number of nitrogens with two attached hydrogens (primary N) is 1. The Morgan fingerprint density at radius 3 is 2.57 bits per heavy atom. The maximum atomic E-state index is 15.0. The molecule has 3 aromatic rings. The summed E-state index contributed by atoms with van der Waals surface area (Å²) in [6.07, 6.45) is 0.509. The lowest BCUT2D eigenvalue weighted by molar-refractivity contribution is 0.354. The van der Waals surface area contributed by atoms with E-state index in [-0.39, 0.29) is 33.4 Å². The van der Waals surface area contributed by atoms with Crippen molar-refractivity contribution in [2.24, 2.45) is 5.73 Å². The van der Waals surface area contributed by atoms with Crippen molar-refractivity contribution in [2.45, 2.75) is 25.8 Å². The summed E-state index contributed by atoms with van der Waals surface area (Å²) in [6.45, 7) is 2.09. The first-order valence-corrected chi connectivity index (χ1v) is 11.1. The number of nitrogens with zero attached hydrogens (tertiary/aromatic N) is 2. The second kappa shape index (κ2) is 9.72. The summed E-state index contributed by atoms with van der Waals surface area (Å²) < 4.78 is 32.8. The Morgan fingerprint density at radius 1 is 1.17 bits per heavy atom. The summed E-state index contributed by atoms with van der Waals surface area (Å²) in [6, 6.07) is 13.4. The topological polar surface area (TPSA) is 99.5 Å². The fourth-order valence-electron chi connectivity index (χ4n) is 4.32. The lowest BCUT2D eigenvalue weighted by Gasteiger charge is -2.28. The first-order valence-electron chi connectivity index (χ1n) is 10.8. The minimum Gasteiger partial charge on any atom is -0.493 e. The highest BCUT2D eigenvalue weighted by molar-refractivity contribution is 6.31. The largest absolute Gasteiger partial charge is 0.493 e. The predicted octanol–water partition coefficient (Wildman–Crippen LogP) is 4.43. The van der Waals surface area contributed by atoms with Gasteiger partial charge in [0.25, 0.3) is 5.56 Å². The molecule has 0 amide bonds. The third kappa shape index (κ3) is 4.31. The fraction of sp³-hybridized carbons (Fsp3) is 0.231. The van der Waals surface area contributed by atoms with Gasteiger partial charge in [0.15, 0.2) is 11.5 Å². The first-order chi connectivity index (χ1) is 16.8. The number of benzene rings is 2. The van der Waals surface area contributed by atoms with Gasteiger partial charge in [-0.15, -0.1) is 0 Å². The summed E-state index contributed by atoms with van der Waals surface area (Å²) >= 11 is 6.33. The second-order valence-corrected chi connectivity index (χ2v) is 8.43. The van der Waals surface area contributed by atoms with E-state index in [1.165, 1.54) is 18.2 Å². The third-order valence-corrected chi connectivity index (χ3v) is 6.38. The monoisotopic (exact) mass is 495 g/mol. The van der Waals surface area contributed by atoms with Crippen molar-refractivity contribution >= 4 is 11.6 Å². The molecule has 35 heavy (non-hydrogen) atoms. The van der Waals surface area contributed by atoms with Gasteiger partial charge in [0.05, 0.1) is 25.7 Å². The summed E-state index contributed by atoms with van der Waals surface area (Å²) in [5, 5.41) is 9.88. The van der Waals surface area contributed by atoms with Gasteiger partial charge in [-0.05, 0) is 43.2 Å². The van der Waals surface area contributed by atoms with Crippen LogP contribution in [0.25, 0.3) is 0 Å². The van der Waals surface area contributed by atoms with Gasteiger partial charge in [0.1, 0.15) is 23.2 Å². The van der Waals surface area contributed by atoms with E-state index in [0.29, 0.717) is 30.2 Å². The van der Waals surface area contributed by atoms with Gasteiger partial charge in [-0.2, -0.15) is 5.26 Å². The van der Waals surface area contributed by atoms with Gasteiger partial charge >= 0.3 is 0 Å². The van der Waals surface area contributed by atoms with Crippen molar-refractivity contribution < 1.29 is 18.6 Å². The first kappa shape index (κ1) is 24.2. The fourth-order valence-corrected chi connectivity index (χ4v) is 4.59. The van der Waals surface area contributed by atoms with Gasteiger partial charge in [-0.1, -0.05) is 23.7 Å². The van der Waals surface area contributed by atoms with Gasteiger partial charge in [0.2, 0.25) is 5.88 Å². The summed E-state index contributed by atoms with van der Waals surface area (Å²) in [5.74, 6) is -0.567. The molecule has 1 aliphatic heterocycles. The normalized spacial score (nSPS) is 14.7. The second-order valence-electron chi connectivity index (χ2n) is 8.02. The average molecular weight is 496 g/mol. The highest BCUT2D eigenvalue weighted by atomic mass is 35.5. The van der Waals surface area contributed by atoms with E-state index < -0.39 is 17.3 Å². The molecule has 0 saturated heterocycles. The number of pyridine rings is 1. The molecule has 2 aromatic carbocycles. The van der Waals surface area contributed by atoms with E-state index in [4.69, 9.17) is 31.5 Å². The smallest absolute Gasteiger partial charge is 0.258 e. The molecule has 1 aromatic heterocycles. The van der Waals surface area contributed by atoms with E-state index in [1.807, 2.05) is 18.2 Å². The number of rotatable bonds is 6. The zero-order valence-corrected chi connectivity index (χ0v) is 20.1. The molecule has 180 valence electrons. The van der Waals surface area contributed by atoms with E-state index in [2.05, 4.69) is 0 Å². The van der Waals surface area contributed by atoms with Crippen LogP contribution >= 0.6 is 11.6 Å². The van der Waals surface area contributed by atoms with Crippen LogP contribution in [0.2, 0.25) is 5.02 Å². The number of nitriles is 1. The standard InChI is InChI=1S/C26H23ClFN3O4/c1-14-11-21-24(22(16(13-29)25(30)35-21)23-17(27)5-4-6-18(23)28)26(32)31(14)10-9-15-7-8-19(33-2)20(12-15)34-3/h4-8,11-12,22H,9-10,30H2,1-3H3/t22-/m1/s1. The van der Waals surface area contributed by atoms with E-state index in [1.54, 1.807) is 37.8 Å². The number of aromatic nitrogens is 1. The third-order valence-electron chi connectivity index (χ3n) is 6.05. The molecule has 1 atom stereocenters. The van der Waals surface area contributed by atoms with Crippen molar-refractivity contribution in [3.05, 3.63) is 97.5 Å². The van der Waals surface area contributed by atoms with Gasteiger partial charge in [-0.25, -0.2) is 4.39 Å². The van der Waals surface area contributed by atoms with Gasteiger partial charge < -0.3 is 24.5 Å². The Morgan fingerprint density at radius 2 is 1.91 bits per heavy atom. The molecule has 0 aliphatic carbocycles. The van der Waals surface area contributed by atoms with Gasteiger partial charge in [0, 0.05) is 28.9 Å². The van der Waals surface area contributed by atoms with Crippen LogP contribution in [0, 0.1) is 24.1 Å². The molecule has 0 bridgehead atoms. The number of hydrogen-bond donors (Lipinski definition) is 1. The van der Waals surface area contributed by atoms with Crippen LogP contribution in [0.15, 0.2) is 58.7 Å². The maximum Gasteiger partial charge on any atom is 0.258 e. The highest BCUT2D eigenvalue weighted by Crippen LogP contribution is 2.43. The number of fused-ring (bicyclic) bond motifs is 1. The number of allylic oxidation sites excluding steroid dienone is 1. The molecule has 1 aliphatic rings. The quantitative estimate of drug-likeness (QED) is 0.543. The molecule has 0 saturated carbocycles. The lowest BCUT2D eigenvalue weighted by atomic mass is 9.83. The Hall–Kier alpha value is -3.96. The molecule has 9 heteroatoms. The van der Waals surface area contributed by atoms with Crippen LogP contribution in [-0.4, -0.2) is 18.8 Å². The Bertz CT molecular complexity index is 1420. The molecule has 0 spiro atoms. The number of halogens is 2. The van der Waals surface area contributed by atoms with Crippen molar-refractivity contribution in [3.8, 4) is 23.3 Å². The summed E-state index contributed by atoms with van der Waals surface area (Å²) in [4.78, 5) is 13.8. The molecule has 0 unspecified atom stereocenters. The minimum atomic E-state index is -1.10. The van der Waals surface area contributed by atoms with Crippen molar-refractivity contribution in [2.75, 3.05) is 14.2 Å². The molecular formula is C26H23ClFN3O4. The van der Waals surface area contributed by atoms with Crippen molar-refractivity contribution in [1.82, 2.24) is 4.57 Å². The highest BCUT2D eigenvalue weighted by Gasteiger charge is 2.37. The molecule has 2 N–H and O–H groups in total. The van der Waals surface area contributed by atoms with E-state index >= 15 is 0 Å². The van der Waals surface area contributed by atoms with Crippen LogP contribution in [-0.2, 0) is 13.0 Å². The number of methoxy groups -OCH3 is 2. The van der Waals surface area contributed by atoms with Crippen LogP contribution in [0.5, 0.6) is 17.2 Å². The Kier molecular flexibility index (Phi) is 6.72. The summed E-state index contributed by atoms with van der Waals surface area (Å²) in [5.41, 5.74) is 7.18. The zero-order valence-electron chi connectivity index (χ0n) is 19.4. The van der Waals surface area contributed by atoms with Crippen LogP contribution in [0.4, 0.5) is 4.39 Å². The minimum absolute atomic E-state index is 0.00519. The van der Waals surface area contributed by atoms with Crippen LogP contribution < -0.4 is 25.5 Å². The molecule has 2 heterocycles. The average Bonchev–Trinajstić information content (AvgIpc) is 2.83. The molecule has 7 nitrogen and oxygen atoms in total. The predicted molar refractivity (Wildman–Crippen MR) is 129 cm³/mol. The number of ether oxygens (including phenoxy) is 3. The van der Waals surface area contributed by atoms with Gasteiger partial charge in [-0.3, -0.25) is 4.79 Å². The van der Waals surface area contributed by atoms with Crippen LogP contribution in [0.3, 0.4) is 0 Å². The van der Waals surface area contributed by atoms with Crippen molar-refractivity contribution in [3.63, 3.8) is 0 Å². The zero-order chi connectivity index (χ0) is 25.3. The lowest BCUT2D eigenvalue weighted by Crippen LogP contribution is -2.33. The maximum absolute atomic E-state index is 15.0. The number of hydrogen-bond acceptors (Lipinski definition) is 6. The molecule has 0 fully saturated rings. The summed E-state index contributed by atoms with van der Waals surface area (Å²) in [7, 11) is 3.12. The van der Waals surface area contributed by atoms with Crippen molar-refractivity contribution in [1.29, 1.82) is 5.26 Å². The molecule has 4 rings (SSSR count). The SMILES string of the molecule is COc1ccc(CCn2c(C)cc3c(c2=O)[C@@H](c2c(F)cccc2Cl)C(C#N)=C(N)O3)cc1OC.